The number of thiazole rings is 1. The van der Waals surface area contributed by atoms with E-state index < -0.39 is 0 Å². The number of nitrogens with two attached hydrogens (primary N) is 1. The largest absolute Gasteiger partial charge is 0.351 e. The van der Waals surface area contributed by atoms with Gasteiger partial charge in [-0.2, -0.15) is 0 Å². The van der Waals surface area contributed by atoms with Crippen LogP contribution in [0.25, 0.3) is 4.96 Å². The summed E-state index contributed by atoms with van der Waals surface area (Å²) in [5.41, 5.74) is 7.16. The minimum absolute atomic E-state index is 0.102. The third-order valence-electron chi connectivity index (χ3n) is 3.52. The number of anilines is 1. The number of hydrogen-bond donors (Lipinski definition) is 1. The van der Waals surface area contributed by atoms with Crippen LogP contribution in [0.3, 0.4) is 0 Å². The fourth-order valence-corrected chi connectivity index (χ4v) is 3.19. The molecule has 1 atom stereocenters. The highest BCUT2D eigenvalue weighted by Crippen LogP contribution is 2.25. The van der Waals surface area contributed by atoms with Gasteiger partial charge < -0.3 is 15.2 Å². The summed E-state index contributed by atoms with van der Waals surface area (Å²) in [7, 11) is 4.05. The van der Waals surface area contributed by atoms with E-state index in [4.69, 9.17) is 10.7 Å². The predicted molar refractivity (Wildman–Crippen MR) is 85.7 cm³/mol. The first-order valence-electron chi connectivity index (χ1n) is 6.93. The monoisotopic (exact) mass is 304 g/mol. The molecule has 0 aliphatic heterocycles. The zero-order valence-corrected chi connectivity index (χ0v) is 13.3. The molecule has 2 N–H and O–H groups in total. The molecule has 21 heavy (non-hydrogen) atoms. The number of imidazole rings is 2. The summed E-state index contributed by atoms with van der Waals surface area (Å²) in [6.45, 7) is 2.74. The number of hydrogen-bond acceptors (Lipinski definition) is 5. The van der Waals surface area contributed by atoms with Crippen LogP contribution in [0, 0.1) is 0 Å². The van der Waals surface area contributed by atoms with Crippen LogP contribution in [-0.4, -0.2) is 32.0 Å². The van der Waals surface area contributed by atoms with Crippen LogP contribution in [-0.2, 0) is 20.0 Å². The molecule has 0 spiro atoms. The fraction of sp³-hybridized carbons (Fsp3) is 0.429. The molecule has 0 aromatic carbocycles. The zero-order valence-electron chi connectivity index (χ0n) is 12.5. The van der Waals surface area contributed by atoms with E-state index in [-0.39, 0.29) is 6.04 Å². The molecule has 3 aromatic rings. The summed E-state index contributed by atoms with van der Waals surface area (Å²) in [4.78, 5) is 12.3. The van der Waals surface area contributed by atoms with Gasteiger partial charge >= 0.3 is 0 Å². The molecule has 0 saturated heterocycles. The van der Waals surface area contributed by atoms with E-state index in [1.165, 1.54) is 0 Å². The highest BCUT2D eigenvalue weighted by Gasteiger charge is 2.18. The minimum atomic E-state index is 0.102. The van der Waals surface area contributed by atoms with E-state index in [1.54, 1.807) is 11.3 Å². The molecule has 3 aromatic heterocycles. The van der Waals surface area contributed by atoms with Crippen LogP contribution in [0.5, 0.6) is 0 Å². The van der Waals surface area contributed by atoms with Crippen molar-refractivity contribution in [3.05, 3.63) is 35.5 Å². The highest BCUT2D eigenvalue weighted by atomic mass is 32.1. The third-order valence-corrected chi connectivity index (χ3v) is 4.27. The van der Waals surface area contributed by atoms with Crippen LogP contribution in [0.2, 0.25) is 0 Å². The Labute approximate surface area is 127 Å². The van der Waals surface area contributed by atoms with Gasteiger partial charge in [0.05, 0.1) is 12.2 Å². The maximum atomic E-state index is 6.00. The SMILES string of the molecule is CC(N)Cc1c(N(C)Cc2nccn2C)nc2sccn12. The lowest BCUT2D eigenvalue weighted by Crippen LogP contribution is -2.24. The van der Waals surface area contributed by atoms with Crippen molar-refractivity contribution in [3.63, 3.8) is 0 Å². The Bertz CT molecular complexity index is 738. The molecule has 0 saturated carbocycles. The van der Waals surface area contributed by atoms with Gasteiger partial charge in [0.25, 0.3) is 0 Å². The zero-order chi connectivity index (χ0) is 15.0. The van der Waals surface area contributed by atoms with Crippen LogP contribution in [0.1, 0.15) is 18.4 Å². The number of fused-ring (bicyclic) bond motifs is 1. The molecule has 6 nitrogen and oxygen atoms in total. The lowest BCUT2D eigenvalue weighted by Gasteiger charge is -2.18. The van der Waals surface area contributed by atoms with Crippen molar-refractivity contribution in [1.82, 2.24) is 18.9 Å². The first kappa shape index (κ1) is 14.1. The van der Waals surface area contributed by atoms with Gasteiger partial charge in [-0.05, 0) is 6.92 Å². The molecule has 0 aliphatic carbocycles. The Kier molecular flexibility index (Phi) is 3.69. The number of aryl methyl sites for hydroxylation is 1. The Morgan fingerprint density at radius 3 is 2.90 bits per heavy atom. The lowest BCUT2D eigenvalue weighted by atomic mass is 10.2. The van der Waals surface area contributed by atoms with Gasteiger partial charge in [0.2, 0.25) is 0 Å². The molecule has 112 valence electrons. The molecule has 7 heteroatoms. The maximum Gasteiger partial charge on any atom is 0.195 e. The van der Waals surface area contributed by atoms with Gasteiger partial charge in [0.1, 0.15) is 5.82 Å². The topological polar surface area (TPSA) is 64.4 Å². The van der Waals surface area contributed by atoms with E-state index in [0.717, 1.165) is 35.3 Å². The van der Waals surface area contributed by atoms with Crippen molar-refractivity contribution in [1.29, 1.82) is 0 Å². The van der Waals surface area contributed by atoms with Crippen LogP contribution in [0.15, 0.2) is 24.0 Å². The van der Waals surface area contributed by atoms with Crippen molar-refractivity contribution in [3.8, 4) is 0 Å². The summed E-state index contributed by atoms with van der Waals surface area (Å²) in [6, 6.07) is 0.102. The second-order valence-corrected chi connectivity index (χ2v) is 6.30. The second-order valence-electron chi connectivity index (χ2n) is 5.43. The molecule has 0 amide bonds. The summed E-state index contributed by atoms with van der Waals surface area (Å²) < 4.78 is 4.17. The standard InChI is InChI=1S/C14H20N6S/c1-10(15)8-11-13(17-14-20(11)6-7-21-14)19(3)9-12-16-4-5-18(12)2/h4-7,10H,8-9,15H2,1-3H3. The van der Waals surface area contributed by atoms with Gasteiger partial charge in [-0.25, -0.2) is 9.97 Å². The molecule has 3 rings (SSSR count). The summed E-state index contributed by atoms with van der Waals surface area (Å²) in [6.07, 6.45) is 6.64. The van der Waals surface area contributed by atoms with Crippen molar-refractivity contribution >= 4 is 22.1 Å². The molecule has 0 bridgehead atoms. The van der Waals surface area contributed by atoms with Crippen LogP contribution in [0.4, 0.5) is 5.82 Å². The van der Waals surface area contributed by atoms with Crippen molar-refractivity contribution < 1.29 is 0 Å². The van der Waals surface area contributed by atoms with E-state index >= 15 is 0 Å². The quantitative estimate of drug-likeness (QED) is 0.778. The van der Waals surface area contributed by atoms with Crippen LogP contribution < -0.4 is 10.6 Å². The van der Waals surface area contributed by atoms with Gasteiger partial charge in [0.15, 0.2) is 10.8 Å². The highest BCUT2D eigenvalue weighted by molar-refractivity contribution is 7.15. The average molecular weight is 304 g/mol. The number of nitrogens with zero attached hydrogens (tertiary/aromatic N) is 5. The van der Waals surface area contributed by atoms with E-state index in [0.29, 0.717) is 0 Å². The average Bonchev–Trinajstić information content (AvgIpc) is 3.08. The molecule has 0 fully saturated rings. The Hall–Kier alpha value is -1.86. The van der Waals surface area contributed by atoms with Gasteiger partial charge in [0, 0.05) is 50.5 Å². The third kappa shape index (κ3) is 2.66. The van der Waals surface area contributed by atoms with Crippen molar-refractivity contribution in [2.75, 3.05) is 11.9 Å². The van der Waals surface area contributed by atoms with Gasteiger partial charge in [-0.1, -0.05) is 0 Å². The summed E-state index contributed by atoms with van der Waals surface area (Å²) >= 11 is 1.64. The molecular weight excluding hydrogens is 284 g/mol. The smallest absolute Gasteiger partial charge is 0.195 e. The number of rotatable bonds is 5. The molecule has 1 unspecified atom stereocenters. The minimum Gasteiger partial charge on any atom is -0.351 e. The normalized spacial score (nSPS) is 13.0. The molecule has 3 heterocycles. The van der Waals surface area contributed by atoms with Gasteiger partial charge in [-0.15, -0.1) is 11.3 Å². The van der Waals surface area contributed by atoms with E-state index in [9.17, 15) is 0 Å². The Morgan fingerprint density at radius 2 is 2.24 bits per heavy atom. The first-order chi connectivity index (χ1) is 10.1. The molecular formula is C14H20N6S. The summed E-state index contributed by atoms with van der Waals surface area (Å²) in [5, 5.41) is 2.05. The molecule has 0 aliphatic rings. The fourth-order valence-electron chi connectivity index (χ4n) is 2.46. The van der Waals surface area contributed by atoms with Gasteiger partial charge in [-0.3, -0.25) is 4.40 Å². The van der Waals surface area contributed by atoms with Crippen LogP contribution >= 0.6 is 11.3 Å². The van der Waals surface area contributed by atoms with E-state index in [2.05, 4.69) is 25.9 Å². The second kappa shape index (κ2) is 5.50. The predicted octanol–water partition coefficient (Wildman–Crippen LogP) is 1.66. The lowest BCUT2D eigenvalue weighted by molar-refractivity contribution is 0.707. The van der Waals surface area contributed by atoms with E-state index in [1.807, 2.05) is 38.0 Å². The van der Waals surface area contributed by atoms with Crippen molar-refractivity contribution in [2.24, 2.45) is 12.8 Å². The Balaban J connectivity index is 1.94. The number of aromatic nitrogens is 4. The first-order valence-corrected chi connectivity index (χ1v) is 7.81. The maximum absolute atomic E-state index is 6.00. The van der Waals surface area contributed by atoms with Crippen molar-refractivity contribution in [2.45, 2.75) is 25.9 Å². The summed E-state index contributed by atoms with van der Waals surface area (Å²) in [5.74, 6) is 2.00. The molecule has 0 radical (unpaired) electrons. The Morgan fingerprint density at radius 1 is 1.43 bits per heavy atom.